The number of ether oxygens (including phenoxy) is 2. The third kappa shape index (κ3) is 20.2. The molecule has 31 heavy (non-hydrogen) atoms. The first-order chi connectivity index (χ1) is 15.0. The topological polar surface area (TPSA) is 122 Å². The Morgan fingerprint density at radius 3 is 1.68 bits per heavy atom. The SMILES string of the molecule is CCCCCCCCCCCCCCCC(=O)OC(=O)C(=O)OC(N)CCCCCN. The van der Waals surface area contributed by atoms with Crippen LogP contribution in [-0.2, 0) is 23.9 Å². The second kappa shape index (κ2) is 21.8. The number of rotatable bonds is 20. The monoisotopic (exact) mass is 442 g/mol. The molecule has 0 aliphatic heterocycles. The Morgan fingerprint density at radius 1 is 0.677 bits per heavy atom. The molecule has 0 fully saturated rings. The van der Waals surface area contributed by atoms with Gasteiger partial charge in [-0.1, -0.05) is 90.4 Å². The molecule has 0 aliphatic carbocycles. The van der Waals surface area contributed by atoms with Crippen LogP contribution < -0.4 is 11.5 Å². The molecule has 0 heterocycles. The molecule has 7 heteroatoms. The van der Waals surface area contributed by atoms with Crippen molar-refractivity contribution in [3.63, 3.8) is 0 Å². The summed E-state index contributed by atoms with van der Waals surface area (Å²) in [4.78, 5) is 34.9. The fourth-order valence-electron chi connectivity index (χ4n) is 3.39. The normalized spacial score (nSPS) is 11.8. The molecule has 4 N–H and O–H groups in total. The highest BCUT2D eigenvalue weighted by molar-refractivity contribution is 6.31. The number of unbranched alkanes of at least 4 members (excludes halogenated alkanes) is 14. The number of hydrogen-bond acceptors (Lipinski definition) is 7. The van der Waals surface area contributed by atoms with Gasteiger partial charge >= 0.3 is 17.9 Å². The van der Waals surface area contributed by atoms with Gasteiger partial charge in [-0.05, 0) is 32.2 Å². The van der Waals surface area contributed by atoms with Crippen LogP contribution in [0.1, 0.15) is 122 Å². The van der Waals surface area contributed by atoms with E-state index in [4.69, 9.17) is 16.2 Å². The van der Waals surface area contributed by atoms with Crippen molar-refractivity contribution in [2.45, 2.75) is 129 Å². The molecule has 0 aromatic carbocycles. The fourth-order valence-corrected chi connectivity index (χ4v) is 3.39. The molecule has 0 spiro atoms. The average Bonchev–Trinajstić information content (AvgIpc) is 2.74. The van der Waals surface area contributed by atoms with Crippen LogP contribution in [-0.4, -0.2) is 30.7 Å². The van der Waals surface area contributed by atoms with Gasteiger partial charge < -0.3 is 15.2 Å². The number of carbonyl (C=O) groups excluding carboxylic acids is 3. The van der Waals surface area contributed by atoms with Gasteiger partial charge in [0.05, 0.1) is 0 Å². The fraction of sp³-hybridized carbons (Fsp3) is 0.875. The number of nitrogens with two attached hydrogens (primary N) is 2. The summed E-state index contributed by atoms with van der Waals surface area (Å²) in [6.45, 7) is 2.84. The van der Waals surface area contributed by atoms with E-state index in [0.29, 0.717) is 19.4 Å². The summed E-state index contributed by atoms with van der Waals surface area (Å²) in [6, 6.07) is 0. The maximum absolute atomic E-state index is 11.7. The minimum absolute atomic E-state index is 0.127. The Balaban J connectivity index is 3.57. The summed E-state index contributed by atoms with van der Waals surface area (Å²) in [5.74, 6) is -3.20. The average molecular weight is 443 g/mol. The van der Waals surface area contributed by atoms with E-state index in [1.54, 1.807) is 0 Å². The number of esters is 3. The van der Waals surface area contributed by atoms with Gasteiger partial charge in [-0.3, -0.25) is 10.5 Å². The molecule has 0 rings (SSSR count). The van der Waals surface area contributed by atoms with Gasteiger partial charge in [0.15, 0.2) is 6.23 Å². The second-order valence-electron chi connectivity index (χ2n) is 8.34. The minimum atomic E-state index is -1.29. The van der Waals surface area contributed by atoms with E-state index in [-0.39, 0.29) is 6.42 Å². The molecule has 0 radical (unpaired) electrons. The summed E-state index contributed by atoms with van der Waals surface area (Å²) in [6.07, 6.45) is 17.9. The molecular weight excluding hydrogens is 396 g/mol. The predicted octanol–water partition coefficient (Wildman–Crippen LogP) is 4.88. The van der Waals surface area contributed by atoms with E-state index in [1.165, 1.54) is 64.2 Å². The summed E-state index contributed by atoms with van der Waals surface area (Å²) >= 11 is 0. The lowest BCUT2D eigenvalue weighted by molar-refractivity contribution is -0.176. The molecule has 0 amide bonds. The lowest BCUT2D eigenvalue weighted by Gasteiger charge is -2.12. The largest absolute Gasteiger partial charge is 0.438 e. The van der Waals surface area contributed by atoms with Crippen LogP contribution in [0.25, 0.3) is 0 Å². The van der Waals surface area contributed by atoms with E-state index < -0.39 is 24.1 Å². The Hall–Kier alpha value is -1.47. The molecule has 0 saturated carbocycles. The molecule has 1 unspecified atom stereocenters. The highest BCUT2D eigenvalue weighted by atomic mass is 16.6. The van der Waals surface area contributed by atoms with Crippen LogP contribution in [0.3, 0.4) is 0 Å². The summed E-state index contributed by atoms with van der Waals surface area (Å²) in [5.41, 5.74) is 11.0. The van der Waals surface area contributed by atoms with Crippen LogP contribution in [0.2, 0.25) is 0 Å². The highest BCUT2D eigenvalue weighted by Gasteiger charge is 2.23. The smallest absolute Gasteiger partial charge is 0.425 e. The molecule has 0 aliphatic rings. The summed E-state index contributed by atoms with van der Waals surface area (Å²) < 4.78 is 9.33. The summed E-state index contributed by atoms with van der Waals surface area (Å²) in [5, 5.41) is 0. The summed E-state index contributed by atoms with van der Waals surface area (Å²) in [7, 11) is 0. The van der Waals surface area contributed by atoms with Crippen LogP contribution in [0.5, 0.6) is 0 Å². The first-order valence-corrected chi connectivity index (χ1v) is 12.4. The van der Waals surface area contributed by atoms with E-state index in [2.05, 4.69) is 11.7 Å². The molecule has 0 bridgehead atoms. The first kappa shape index (κ1) is 29.5. The van der Waals surface area contributed by atoms with Crippen LogP contribution in [0.15, 0.2) is 0 Å². The second-order valence-corrected chi connectivity index (χ2v) is 8.34. The zero-order chi connectivity index (χ0) is 23.2. The van der Waals surface area contributed by atoms with Gasteiger partial charge in [0.2, 0.25) is 0 Å². The van der Waals surface area contributed by atoms with Crippen molar-refractivity contribution in [1.82, 2.24) is 0 Å². The van der Waals surface area contributed by atoms with E-state index in [0.717, 1.165) is 32.1 Å². The van der Waals surface area contributed by atoms with Crippen LogP contribution in [0.4, 0.5) is 0 Å². The number of hydrogen-bond donors (Lipinski definition) is 2. The Labute approximate surface area is 189 Å². The predicted molar refractivity (Wildman–Crippen MR) is 123 cm³/mol. The molecule has 182 valence electrons. The standard InChI is InChI=1S/C24H46N2O5/c1-2-3-4-5-6-7-8-9-10-11-12-13-16-19-22(27)31-24(29)23(28)30-21(26)18-15-14-17-20-25/h21H,2-20,25-26H2,1H3. The Kier molecular flexibility index (Phi) is 20.7. The highest BCUT2D eigenvalue weighted by Crippen LogP contribution is 2.13. The van der Waals surface area contributed by atoms with Crippen LogP contribution >= 0.6 is 0 Å². The molecule has 7 nitrogen and oxygen atoms in total. The first-order valence-electron chi connectivity index (χ1n) is 12.4. The van der Waals surface area contributed by atoms with E-state index in [9.17, 15) is 14.4 Å². The lowest BCUT2D eigenvalue weighted by Crippen LogP contribution is -2.32. The Bertz CT molecular complexity index is 471. The number of carbonyl (C=O) groups is 3. The van der Waals surface area contributed by atoms with Crippen molar-refractivity contribution in [2.24, 2.45) is 11.5 Å². The van der Waals surface area contributed by atoms with Gasteiger partial charge in [-0.15, -0.1) is 0 Å². The molecule has 0 saturated heterocycles. The van der Waals surface area contributed by atoms with Crippen molar-refractivity contribution in [1.29, 1.82) is 0 Å². The molecule has 1 atom stereocenters. The van der Waals surface area contributed by atoms with Gasteiger partial charge in [-0.2, -0.15) is 0 Å². The van der Waals surface area contributed by atoms with Crippen molar-refractivity contribution in [3.05, 3.63) is 0 Å². The lowest BCUT2D eigenvalue weighted by atomic mass is 10.0. The zero-order valence-corrected chi connectivity index (χ0v) is 19.7. The van der Waals surface area contributed by atoms with Crippen molar-refractivity contribution in [2.75, 3.05) is 6.54 Å². The Morgan fingerprint density at radius 2 is 1.16 bits per heavy atom. The quantitative estimate of drug-likeness (QED) is 0.0905. The van der Waals surface area contributed by atoms with Crippen molar-refractivity contribution >= 4 is 17.9 Å². The minimum Gasteiger partial charge on any atom is -0.438 e. The molecular formula is C24H46N2O5. The molecule has 0 aromatic heterocycles. The van der Waals surface area contributed by atoms with Gasteiger partial charge in [0.25, 0.3) is 0 Å². The van der Waals surface area contributed by atoms with E-state index in [1.807, 2.05) is 0 Å². The van der Waals surface area contributed by atoms with Crippen molar-refractivity contribution in [3.8, 4) is 0 Å². The van der Waals surface area contributed by atoms with Gasteiger partial charge in [-0.25, -0.2) is 9.59 Å². The molecule has 0 aromatic rings. The third-order valence-electron chi connectivity index (χ3n) is 5.31. The zero-order valence-electron chi connectivity index (χ0n) is 19.7. The maximum Gasteiger partial charge on any atom is 0.425 e. The van der Waals surface area contributed by atoms with Crippen molar-refractivity contribution < 1.29 is 23.9 Å². The van der Waals surface area contributed by atoms with Crippen LogP contribution in [0, 0.1) is 0 Å². The van der Waals surface area contributed by atoms with E-state index >= 15 is 0 Å². The maximum atomic E-state index is 11.7. The third-order valence-corrected chi connectivity index (χ3v) is 5.31. The van der Waals surface area contributed by atoms with Gasteiger partial charge in [0.1, 0.15) is 0 Å². The van der Waals surface area contributed by atoms with Gasteiger partial charge in [0, 0.05) is 6.42 Å².